The first-order chi connectivity index (χ1) is 8.70. The van der Waals surface area contributed by atoms with E-state index in [1.807, 2.05) is 13.0 Å². The molecule has 0 saturated heterocycles. The van der Waals surface area contributed by atoms with Gasteiger partial charge in [-0.3, -0.25) is 0 Å². The number of hydrogen-bond acceptors (Lipinski definition) is 3. The third-order valence-corrected chi connectivity index (χ3v) is 2.65. The number of phenolic OH excluding ortho intramolecular Hbond substituents is 1. The normalized spacial score (nSPS) is 10.1. The fraction of sp³-hybridized carbons (Fsp3) is 0.133. The van der Waals surface area contributed by atoms with Crippen LogP contribution >= 0.6 is 0 Å². The van der Waals surface area contributed by atoms with Crippen molar-refractivity contribution in [3.05, 3.63) is 59.7 Å². The summed E-state index contributed by atoms with van der Waals surface area (Å²) in [5, 5.41) is 9.55. The topological polar surface area (TPSA) is 46.5 Å². The molecule has 0 saturated carbocycles. The first kappa shape index (κ1) is 12.2. The highest BCUT2D eigenvalue weighted by atomic mass is 16.5. The van der Waals surface area contributed by atoms with Crippen LogP contribution in [0.1, 0.15) is 22.8 Å². The summed E-state index contributed by atoms with van der Waals surface area (Å²) in [6.07, 6.45) is 0.683. The number of benzene rings is 2. The van der Waals surface area contributed by atoms with E-state index in [9.17, 15) is 9.90 Å². The Balaban J connectivity index is 2.17. The highest BCUT2D eigenvalue weighted by Gasteiger charge is 2.09. The number of rotatable bonds is 3. The van der Waals surface area contributed by atoms with Gasteiger partial charge in [0.2, 0.25) is 0 Å². The van der Waals surface area contributed by atoms with E-state index in [0.717, 1.165) is 5.56 Å². The number of aromatic hydroxyl groups is 1. The van der Waals surface area contributed by atoms with E-state index in [-0.39, 0.29) is 5.75 Å². The van der Waals surface area contributed by atoms with Gasteiger partial charge < -0.3 is 9.84 Å². The predicted molar refractivity (Wildman–Crippen MR) is 68.9 cm³/mol. The van der Waals surface area contributed by atoms with Crippen LogP contribution in [-0.2, 0) is 6.42 Å². The van der Waals surface area contributed by atoms with Gasteiger partial charge in [-0.15, -0.1) is 0 Å². The Morgan fingerprint density at radius 1 is 1.17 bits per heavy atom. The van der Waals surface area contributed by atoms with Crippen LogP contribution in [0.4, 0.5) is 0 Å². The molecule has 2 rings (SSSR count). The van der Waals surface area contributed by atoms with Crippen molar-refractivity contribution < 1.29 is 14.6 Å². The monoisotopic (exact) mass is 242 g/mol. The van der Waals surface area contributed by atoms with E-state index < -0.39 is 5.97 Å². The molecule has 0 fully saturated rings. The average Bonchev–Trinajstić information content (AvgIpc) is 2.42. The molecule has 0 bridgehead atoms. The molecule has 0 aromatic heterocycles. The van der Waals surface area contributed by atoms with Gasteiger partial charge in [0.15, 0.2) is 0 Å². The van der Waals surface area contributed by atoms with Crippen molar-refractivity contribution in [2.75, 3.05) is 0 Å². The van der Waals surface area contributed by atoms with E-state index in [4.69, 9.17) is 4.74 Å². The molecule has 0 spiro atoms. The van der Waals surface area contributed by atoms with Gasteiger partial charge in [0.1, 0.15) is 11.5 Å². The quantitative estimate of drug-likeness (QED) is 0.664. The first-order valence-electron chi connectivity index (χ1n) is 5.80. The van der Waals surface area contributed by atoms with Crippen LogP contribution in [-0.4, -0.2) is 11.1 Å². The molecule has 0 aliphatic carbocycles. The van der Waals surface area contributed by atoms with Crippen molar-refractivity contribution in [3.8, 4) is 11.5 Å². The smallest absolute Gasteiger partial charge is 0.343 e. The minimum Gasteiger partial charge on any atom is -0.508 e. The number of esters is 1. The lowest BCUT2D eigenvalue weighted by atomic mass is 10.1. The predicted octanol–water partition coefficient (Wildman–Crippen LogP) is 3.17. The van der Waals surface area contributed by atoms with Crippen LogP contribution < -0.4 is 4.74 Å². The zero-order valence-electron chi connectivity index (χ0n) is 10.1. The van der Waals surface area contributed by atoms with E-state index >= 15 is 0 Å². The molecule has 2 aromatic carbocycles. The largest absolute Gasteiger partial charge is 0.508 e. The maximum Gasteiger partial charge on any atom is 0.343 e. The number of carbonyl (C=O) groups excluding carboxylic acids is 1. The Hall–Kier alpha value is -2.29. The summed E-state index contributed by atoms with van der Waals surface area (Å²) in [6.45, 7) is 1.93. The molecule has 1 N–H and O–H groups in total. The highest BCUT2D eigenvalue weighted by molar-refractivity contribution is 5.90. The van der Waals surface area contributed by atoms with Crippen LogP contribution in [0.3, 0.4) is 0 Å². The first-order valence-corrected chi connectivity index (χ1v) is 5.80. The van der Waals surface area contributed by atoms with Gasteiger partial charge >= 0.3 is 5.97 Å². The Bertz CT molecular complexity index is 547. The Morgan fingerprint density at radius 3 is 2.56 bits per heavy atom. The summed E-state index contributed by atoms with van der Waals surface area (Å²) in [7, 11) is 0. The Kier molecular flexibility index (Phi) is 3.63. The number of aryl methyl sites for hydroxylation is 1. The Morgan fingerprint density at radius 2 is 1.89 bits per heavy atom. The molecule has 0 radical (unpaired) electrons. The van der Waals surface area contributed by atoms with Gasteiger partial charge in [0.05, 0.1) is 5.56 Å². The van der Waals surface area contributed by atoms with Crippen LogP contribution in [0.2, 0.25) is 0 Å². The summed E-state index contributed by atoms with van der Waals surface area (Å²) in [5.41, 5.74) is 1.26. The van der Waals surface area contributed by atoms with Crippen molar-refractivity contribution in [3.63, 3.8) is 0 Å². The third-order valence-electron chi connectivity index (χ3n) is 2.65. The maximum absolute atomic E-state index is 11.8. The lowest BCUT2D eigenvalue weighted by Gasteiger charge is -2.07. The second-order valence-corrected chi connectivity index (χ2v) is 3.90. The summed E-state index contributed by atoms with van der Waals surface area (Å²) in [6, 6.07) is 13.6. The van der Waals surface area contributed by atoms with E-state index in [1.165, 1.54) is 6.07 Å². The summed E-state index contributed by atoms with van der Waals surface area (Å²) >= 11 is 0. The van der Waals surface area contributed by atoms with E-state index in [0.29, 0.717) is 17.7 Å². The van der Waals surface area contributed by atoms with E-state index in [1.54, 1.807) is 36.4 Å². The van der Waals surface area contributed by atoms with Crippen molar-refractivity contribution in [1.29, 1.82) is 0 Å². The molecular formula is C15H14O3. The van der Waals surface area contributed by atoms with Crippen molar-refractivity contribution >= 4 is 5.97 Å². The van der Waals surface area contributed by atoms with Crippen molar-refractivity contribution in [2.24, 2.45) is 0 Å². The fourth-order valence-corrected chi connectivity index (χ4v) is 1.65. The highest BCUT2D eigenvalue weighted by Crippen LogP contribution is 2.23. The second-order valence-electron chi connectivity index (χ2n) is 3.90. The maximum atomic E-state index is 11.8. The van der Waals surface area contributed by atoms with Crippen LogP contribution in [0.5, 0.6) is 11.5 Å². The van der Waals surface area contributed by atoms with Gasteiger partial charge in [-0.25, -0.2) is 4.79 Å². The standard InChI is InChI=1S/C15H14O3/c1-2-11-10-13(8-9-14(11)16)18-15(17)12-6-4-3-5-7-12/h3-10,16H,2H2,1H3. The van der Waals surface area contributed by atoms with Gasteiger partial charge in [0.25, 0.3) is 0 Å². The van der Waals surface area contributed by atoms with Gasteiger partial charge in [0, 0.05) is 0 Å². The molecule has 0 unspecified atom stereocenters. The zero-order chi connectivity index (χ0) is 13.0. The Labute approximate surface area is 106 Å². The second kappa shape index (κ2) is 5.36. The van der Waals surface area contributed by atoms with Crippen LogP contribution in [0, 0.1) is 0 Å². The van der Waals surface area contributed by atoms with E-state index in [2.05, 4.69) is 0 Å². The molecular weight excluding hydrogens is 228 g/mol. The number of phenols is 1. The third kappa shape index (κ3) is 2.69. The molecule has 0 aliphatic heterocycles. The average molecular weight is 242 g/mol. The van der Waals surface area contributed by atoms with Gasteiger partial charge in [-0.1, -0.05) is 25.1 Å². The zero-order valence-corrected chi connectivity index (χ0v) is 10.1. The van der Waals surface area contributed by atoms with Gasteiger partial charge in [-0.2, -0.15) is 0 Å². The minimum absolute atomic E-state index is 0.219. The summed E-state index contributed by atoms with van der Waals surface area (Å²) in [5.74, 6) is 0.263. The van der Waals surface area contributed by atoms with Crippen molar-refractivity contribution in [1.82, 2.24) is 0 Å². The molecule has 18 heavy (non-hydrogen) atoms. The van der Waals surface area contributed by atoms with Crippen LogP contribution in [0.25, 0.3) is 0 Å². The molecule has 2 aromatic rings. The lowest BCUT2D eigenvalue weighted by Crippen LogP contribution is -2.08. The number of ether oxygens (including phenoxy) is 1. The fourth-order valence-electron chi connectivity index (χ4n) is 1.65. The summed E-state index contributed by atoms with van der Waals surface area (Å²) < 4.78 is 5.25. The number of hydrogen-bond donors (Lipinski definition) is 1. The molecule has 0 aliphatic rings. The molecule has 0 atom stereocenters. The molecule has 92 valence electrons. The summed E-state index contributed by atoms with van der Waals surface area (Å²) in [4.78, 5) is 11.8. The lowest BCUT2D eigenvalue weighted by molar-refractivity contribution is 0.0734. The van der Waals surface area contributed by atoms with Gasteiger partial charge in [-0.05, 0) is 42.3 Å². The van der Waals surface area contributed by atoms with Crippen molar-refractivity contribution in [2.45, 2.75) is 13.3 Å². The molecule has 0 amide bonds. The molecule has 3 nitrogen and oxygen atoms in total. The minimum atomic E-state index is -0.400. The van der Waals surface area contributed by atoms with Crippen LogP contribution in [0.15, 0.2) is 48.5 Å². The SMILES string of the molecule is CCc1cc(OC(=O)c2ccccc2)ccc1O. The molecule has 3 heteroatoms. The molecule has 0 heterocycles. The number of carbonyl (C=O) groups is 1.